The van der Waals surface area contributed by atoms with Gasteiger partial charge in [-0.15, -0.1) is 0 Å². The van der Waals surface area contributed by atoms with Crippen LogP contribution in [0.1, 0.15) is 19.1 Å². The number of nitrogens with zero attached hydrogens (tertiary/aromatic N) is 2. The smallest absolute Gasteiger partial charge is 0.311 e. The van der Waals surface area contributed by atoms with Gasteiger partial charge in [-0.05, 0) is 12.8 Å². The number of aromatic nitrogens is 3. The maximum atomic E-state index is 12.2. The summed E-state index contributed by atoms with van der Waals surface area (Å²) in [5, 5.41) is 9.91. The van der Waals surface area contributed by atoms with Crippen molar-refractivity contribution >= 4 is 27.6 Å². The minimum Gasteiger partial charge on any atom is -0.388 e. The molecular formula is C12H16N4O5S. The molecule has 3 heterocycles. The van der Waals surface area contributed by atoms with Crippen molar-refractivity contribution in [3.63, 3.8) is 0 Å². The van der Waals surface area contributed by atoms with Gasteiger partial charge in [-0.1, -0.05) is 11.3 Å². The Hall–Kier alpha value is -1.75. The van der Waals surface area contributed by atoms with Crippen molar-refractivity contribution in [2.45, 2.75) is 31.3 Å². The number of hydrogen-bond donors (Lipinski definition) is 3. The van der Waals surface area contributed by atoms with Gasteiger partial charge in [0.1, 0.15) is 17.0 Å². The summed E-state index contributed by atoms with van der Waals surface area (Å²) in [5.74, 6) is -0.0574. The van der Waals surface area contributed by atoms with Gasteiger partial charge in [-0.3, -0.25) is 19.1 Å². The van der Waals surface area contributed by atoms with E-state index in [1.165, 1.54) is 11.7 Å². The molecule has 0 aliphatic carbocycles. The molecule has 9 nitrogen and oxygen atoms in total. The summed E-state index contributed by atoms with van der Waals surface area (Å²) in [5.41, 5.74) is 5.31. The first-order valence-electron chi connectivity index (χ1n) is 6.74. The molecule has 1 fully saturated rings. The molecule has 0 bridgehead atoms. The highest BCUT2D eigenvalue weighted by Crippen LogP contribution is 2.31. The number of nitrogens with one attached hydrogen (secondary N) is 1. The number of hydrogen-bond acceptors (Lipinski definition) is 8. The molecule has 120 valence electrons. The van der Waals surface area contributed by atoms with Gasteiger partial charge >= 0.3 is 4.87 Å². The molecule has 3 unspecified atom stereocenters. The highest BCUT2D eigenvalue weighted by molar-refractivity contribution is 7.16. The fourth-order valence-electron chi connectivity index (χ4n) is 2.60. The number of aromatic amines is 1. The van der Waals surface area contributed by atoms with E-state index in [2.05, 4.69) is 9.97 Å². The Bertz CT molecular complexity index is 797. The van der Waals surface area contributed by atoms with Crippen molar-refractivity contribution in [1.29, 1.82) is 0 Å². The van der Waals surface area contributed by atoms with E-state index >= 15 is 0 Å². The second-order valence-corrected chi connectivity index (χ2v) is 6.03. The number of aliphatic hydroxyl groups is 1. The third-order valence-electron chi connectivity index (χ3n) is 3.58. The topological polar surface area (TPSA) is 132 Å². The molecule has 0 amide bonds. The average molecular weight is 328 g/mol. The Labute approximate surface area is 128 Å². The SMILES string of the molecule is COCC(O)C1CCC(n2c(=O)sc3c(=O)[nH]c(N)nc32)O1. The average Bonchev–Trinajstić information content (AvgIpc) is 3.03. The van der Waals surface area contributed by atoms with Crippen molar-refractivity contribution in [1.82, 2.24) is 14.5 Å². The molecule has 2 aromatic heterocycles. The van der Waals surface area contributed by atoms with Crippen LogP contribution in [0.15, 0.2) is 9.59 Å². The first-order chi connectivity index (χ1) is 10.5. The fourth-order valence-corrected chi connectivity index (χ4v) is 3.45. The van der Waals surface area contributed by atoms with Gasteiger partial charge in [-0.2, -0.15) is 4.98 Å². The van der Waals surface area contributed by atoms with Gasteiger partial charge in [0.2, 0.25) is 5.95 Å². The number of rotatable bonds is 4. The molecule has 10 heteroatoms. The molecule has 3 atom stereocenters. The van der Waals surface area contributed by atoms with Crippen LogP contribution in [0.5, 0.6) is 0 Å². The van der Waals surface area contributed by atoms with Crippen LogP contribution >= 0.6 is 11.3 Å². The number of methoxy groups -OCH3 is 1. The number of aliphatic hydroxyl groups excluding tert-OH is 1. The number of H-pyrrole nitrogens is 1. The van der Waals surface area contributed by atoms with Gasteiger partial charge < -0.3 is 20.3 Å². The van der Waals surface area contributed by atoms with Gasteiger partial charge in [0.15, 0.2) is 5.65 Å². The zero-order valence-electron chi connectivity index (χ0n) is 11.8. The predicted octanol–water partition coefficient (Wildman–Crippen LogP) is -0.587. The van der Waals surface area contributed by atoms with Crippen molar-refractivity contribution < 1.29 is 14.6 Å². The number of nitrogen functional groups attached to an aromatic ring is 1. The lowest BCUT2D eigenvalue weighted by molar-refractivity contribution is -0.0787. The van der Waals surface area contributed by atoms with Crippen LogP contribution in [0.25, 0.3) is 10.3 Å². The van der Waals surface area contributed by atoms with Crippen LogP contribution in [0.4, 0.5) is 5.95 Å². The maximum Gasteiger partial charge on any atom is 0.311 e. The molecule has 22 heavy (non-hydrogen) atoms. The van der Waals surface area contributed by atoms with E-state index in [0.29, 0.717) is 12.8 Å². The number of thiazole rings is 1. The zero-order valence-corrected chi connectivity index (χ0v) is 12.6. The lowest BCUT2D eigenvalue weighted by Gasteiger charge is -2.18. The molecule has 1 aliphatic heterocycles. The summed E-state index contributed by atoms with van der Waals surface area (Å²) in [6, 6.07) is 0. The van der Waals surface area contributed by atoms with Crippen molar-refractivity contribution in [2.75, 3.05) is 19.5 Å². The molecule has 0 aromatic carbocycles. The Morgan fingerprint density at radius 2 is 2.36 bits per heavy atom. The zero-order chi connectivity index (χ0) is 15.9. The monoisotopic (exact) mass is 328 g/mol. The predicted molar refractivity (Wildman–Crippen MR) is 79.9 cm³/mol. The third kappa shape index (κ3) is 2.54. The summed E-state index contributed by atoms with van der Waals surface area (Å²) < 4.78 is 12.2. The Balaban J connectivity index is 1.96. The van der Waals surface area contributed by atoms with Gasteiger partial charge in [0, 0.05) is 7.11 Å². The standard InChI is InChI=1S/C12H16N4O5S/c1-20-4-5(17)6-2-3-7(21-6)16-9-8(22-12(16)19)10(18)15-11(13)14-9/h5-7,17H,2-4H2,1H3,(H3,13,14,15,18). The summed E-state index contributed by atoms with van der Waals surface area (Å²) in [6.07, 6.45) is -0.655. The lowest BCUT2D eigenvalue weighted by atomic mass is 10.1. The molecule has 1 aliphatic rings. The number of fused-ring (bicyclic) bond motifs is 1. The van der Waals surface area contributed by atoms with Crippen LogP contribution in [-0.2, 0) is 9.47 Å². The molecule has 0 spiro atoms. The summed E-state index contributed by atoms with van der Waals surface area (Å²) in [6.45, 7) is 0.154. The van der Waals surface area contributed by atoms with Crippen molar-refractivity contribution in [2.24, 2.45) is 0 Å². The molecule has 4 N–H and O–H groups in total. The Morgan fingerprint density at radius 3 is 3.09 bits per heavy atom. The van der Waals surface area contributed by atoms with E-state index in [9.17, 15) is 14.7 Å². The first kappa shape index (κ1) is 15.2. The summed E-state index contributed by atoms with van der Waals surface area (Å²) >= 11 is 0.799. The minimum absolute atomic E-state index is 0.0574. The van der Waals surface area contributed by atoms with E-state index in [-0.39, 0.29) is 27.8 Å². The van der Waals surface area contributed by atoms with E-state index in [4.69, 9.17) is 15.2 Å². The van der Waals surface area contributed by atoms with Crippen LogP contribution in [0, 0.1) is 0 Å². The highest BCUT2D eigenvalue weighted by atomic mass is 32.1. The molecule has 3 rings (SSSR count). The van der Waals surface area contributed by atoms with Crippen LogP contribution in [0.2, 0.25) is 0 Å². The van der Waals surface area contributed by atoms with Crippen LogP contribution in [0.3, 0.4) is 0 Å². The van der Waals surface area contributed by atoms with Crippen LogP contribution < -0.4 is 16.2 Å². The molecule has 1 saturated heterocycles. The fraction of sp³-hybridized carbons (Fsp3) is 0.583. The van der Waals surface area contributed by atoms with Crippen LogP contribution in [-0.4, -0.2) is 45.6 Å². The summed E-state index contributed by atoms with van der Waals surface area (Å²) in [7, 11) is 1.49. The minimum atomic E-state index is -0.767. The molecule has 0 saturated carbocycles. The largest absolute Gasteiger partial charge is 0.388 e. The van der Waals surface area contributed by atoms with Gasteiger partial charge in [-0.25, -0.2) is 0 Å². The summed E-state index contributed by atoms with van der Waals surface area (Å²) in [4.78, 5) is 30.0. The van der Waals surface area contributed by atoms with Gasteiger partial charge in [0.25, 0.3) is 5.56 Å². The van der Waals surface area contributed by atoms with E-state index in [1.807, 2.05) is 0 Å². The van der Waals surface area contributed by atoms with Crippen molar-refractivity contribution in [3.8, 4) is 0 Å². The molecule has 2 aromatic rings. The lowest BCUT2D eigenvalue weighted by Crippen LogP contribution is -2.31. The Morgan fingerprint density at radius 1 is 1.59 bits per heavy atom. The number of ether oxygens (including phenoxy) is 2. The Kier molecular flexibility index (Phi) is 4.00. The molecule has 0 radical (unpaired) electrons. The second kappa shape index (κ2) is 5.80. The quantitative estimate of drug-likeness (QED) is 0.683. The van der Waals surface area contributed by atoms with E-state index in [0.717, 1.165) is 11.3 Å². The first-order valence-corrected chi connectivity index (χ1v) is 7.56. The number of anilines is 1. The number of nitrogens with two attached hydrogens (primary N) is 1. The normalized spacial score (nSPS) is 23.2. The maximum absolute atomic E-state index is 12.2. The third-order valence-corrected chi connectivity index (χ3v) is 4.52. The van der Waals surface area contributed by atoms with Gasteiger partial charge in [0.05, 0.1) is 12.7 Å². The van der Waals surface area contributed by atoms with Crippen molar-refractivity contribution in [3.05, 3.63) is 20.0 Å². The second-order valence-electron chi connectivity index (χ2n) is 5.07. The van der Waals surface area contributed by atoms with E-state index in [1.54, 1.807) is 0 Å². The van der Waals surface area contributed by atoms with E-state index < -0.39 is 24.0 Å². The highest BCUT2D eigenvalue weighted by Gasteiger charge is 2.34. The molecular weight excluding hydrogens is 312 g/mol.